The van der Waals surface area contributed by atoms with Gasteiger partial charge in [0.05, 0.1) is 12.1 Å². The average Bonchev–Trinajstić information content (AvgIpc) is 3.28. The summed E-state index contributed by atoms with van der Waals surface area (Å²) in [7, 11) is 0. The maximum Gasteiger partial charge on any atom is 0.0957 e. The molecule has 3 rings (SSSR count). The number of aliphatic hydroxyl groups is 1. The Balaban J connectivity index is 1.68. The summed E-state index contributed by atoms with van der Waals surface area (Å²) in [6.45, 7) is 3.17. The van der Waals surface area contributed by atoms with Crippen LogP contribution in [0.25, 0.3) is 0 Å². The van der Waals surface area contributed by atoms with Crippen molar-refractivity contribution in [2.24, 2.45) is 0 Å². The van der Waals surface area contributed by atoms with Crippen molar-refractivity contribution < 1.29 is 5.11 Å². The number of benzene rings is 2. The molecule has 0 amide bonds. The Labute approximate surface area is 114 Å². The number of hydrogen-bond acceptors (Lipinski definition) is 2. The van der Waals surface area contributed by atoms with E-state index >= 15 is 0 Å². The predicted molar refractivity (Wildman–Crippen MR) is 76.8 cm³/mol. The van der Waals surface area contributed by atoms with Gasteiger partial charge in [0.2, 0.25) is 0 Å². The first-order valence-corrected chi connectivity index (χ1v) is 6.81. The number of hydrogen-bond donors (Lipinski definition) is 1. The minimum atomic E-state index is -0.382. The van der Waals surface area contributed by atoms with E-state index in [1.807, 2.05) is 36.4 Å². The zero-order valence-corrected chi connectivity index (χ0v) is 11.1. The second kappa shape index (κ2) is 5.16. The molecule has 1 saturated heterocycles. The Morgan fingerprint density at radius 2 is 1.47 bits per heavy atom. The SMILES string of the molecule is C[C@@H](c1ccccc1)N1C[C@@H]1[C@H](O)c1ccccc1. The molecular weight excluding hydrogens is 234 g/mol. The zero-order chi connectivity index (χ0) is 13.2. The minimum Gasteiger partial charge on any atom is -0.387 e. The van der Waals surface area contributed by atoms with Crippen molar-refractivity contribution in [3.05, 3.63) is 71.8 Å². The molecule has 0 aromatic heterocycles. The van der Waals surface area contributed by atoms with Gasteiger partial charge in [-0.25, -0.2) is 0 Å². The molecule has 0 spiro atoms. The molecule has 19 heavy (non-hydrogen) atoms. The lowest BCUT2D eigenvalue weighted by Crippen LogP contribution is -2.14. The van der Waals surface area contributed by atoms with Crippen LogP contribution < -0.4 is 0 Å². The van der Waals surface area contributed by atoms with Crippen LogP contribution >= 0.6 is 0 Å². The van der Waals surface area contributed by atoms with Crippen LogP contribution in [0.5, 0.6) is 0 Å². The summed E-state index contributed by atoms with van der Waals surface area (Å²) in [4.78, 5) is 2.34. The predicted octanol–water partition coefficient (Wildman–Crippen LogP) is 3.17. The molecule has 1 fully saturated rings. The standard InChI is InChI=1S/C17H19NO/c1-13(14-8-4-2-5-9-14)18-12-16(18)17(19)15-10-6-3-7-11-15/h2-11,13,16-17,19H,12H2,1H3/t13-,16+,17+,18?/m0/s1. The van der Waals surface area contributed by atoms with Gasteiger partial charge in [0.1, 0.15) is 0 Å². The van der Waals surface area contributed by atoms with Gasteiger partial charge in [-0.2, -0.15) is 0 Å². The van der Waals surface area contributed by atoms with E-state index in [4.69, 9.17) is 0 Å². The fourth-order valence-corrected chi connectivity index (χ4v) is 2.69. The first kappa shape index (κ1) is 12.4. The Morgan fingerprint density at radius 3 is 2.05 bits per heavy atom. The summed E-state index contributed by atoms with van der Waals surface area (Å²) in [5.74, 6) is 0. The minimum absolute atomic E-state index is 0.248. The Hall–Kier alpha value is -1.64. The van der Waals surface area contributed by atoms with Gasteiger partial charge in [0.25, 0.3) is 0 Å². The van der Waals surface area contributed by atoms with E-state index in [9.17, 15) is 5.11 Å². The van der Waals surface area contributed by atoms with Gasteiger partial charge in [-0.05, 0) is 18.1 Å². The number of nitrogens with zero attached hydrogens (tertiary/aromatic N) is 1. The molecule has 2 nitrogen and oxygen atoms in total. The fraction of sp³-hybridized carbons (Fsp3) is 0.294. The summed E-state index contributed by atoms with van der Waals surface area (Å²) in [6.07, 6.45) is -0.382. The van der Waals surface area contributed by atoms with Crippen LogP contribution in [0.3, 0.4) is 0 Å². The van der Waals surface area contributed by atoms with E-state index in [0.717, 1.165) is 12.1 Å². The third-order valence-corrected chi connectivity index (χ3v) is 3.98. The molecule has 0 radical (unpaired) electrons. The molecule has 0 aliphatic carbocycles. The van der Waals surface area contributed by atoms with Crippen LogP contribution in [0.4, 0.5) is 0 Å². The lowest BCUT2D eigenvalue weighted by Gasteiger charge is -2.17. The summed E-state index contributed by atoms with van der Waals surface area (Å²) < 4.78 is 0. The summed E-state index contributed by atoms with van der Waals surface area (Å²) >= 11 is 0. The quantitative estimate of drug-likeness (QED) is 0.846. The summed E-state index contributed by atoms with van der Waals surface area (Å²) in [6, 6.07) is 21.0. The van der Waals surface area contributed by atoms with Crippen molar-refractivity contribution in [3.63, 3.8) is 0 Å². The van der Waals surface area contributed by atoms with E-state index in [1.165, 1.54) is 5.56 Å². The zero-order valence-electron chi connectivity index (χ0n) is 11.1. The second-order valence-corrected chi connectivity index (χ2v) is 5.21. The highest BCUT2D eigenvalue weighted by Gasteiger charge is 2.43. The van der Waals surface area contributed by atoms with E-state index in [0.29, 0.717) is 6.04 Å². The molecule has 98 valence electrons. The molecule has 2 aromatic carbocycles. The van der Waals surface area contributed by atoms with Gasteiger partial charge in [0.15, 0.2) is 0 Å². The molecule has 2 aromatic rings. The van der Waals surface area contributed by atoms with Crippen LogP contribution in [0.2, 0.25) is 0 Å². The Kier molecular flexibility index (Phi) is 3.36. The van der Waals surface area contributed by atoms with Gasteiger partial charge >= 0.3 is 0 Å². The fourth-order valence-electron chi connectivity index (χ4n) is 2.69. The molecule has 1 aliphatic heterocycles. The Morgan fingerprint density at radius 1 is 0.947 bits per heavy atom. The highest BCUT2D eigenvalue weighted by Crippen LogP contribution is 2.38. The van der Waals surface area contributed by atoms with Crippen molar-refractivity contribution in [2.45, 2.75) is 25.1 Å². The van der Waals surface area contributed by atoms with E-state index in [-0.39, 0.29) is 12.1 Å². The maximum atomic E-state index is 10.4. The summed E-state index contributed by atoms with van der Waals surface area (Å²) in [5, 5.41) is 10.4. The lowest BCUT2D eigenvalue weighted by molar-refractivity contribution is 0.151. The van der Waals surface area contributed by atoms with Crippen molar-refractivity contribution in [2.75, 3.05) is 6.54 Å². The van der Waals surface area contributed by atoms with Crippen LogP contribution in [0.1, 0.15) is 30.2 Å². The van der Waals surface area contributed by atoms with Gasteiger partial charge in [0, 0.05) is 12.6 Å². The van der Waals surface area contributed by atoms with Gasteiger partial charge in [-0.15, -0.1) is 0 Å². The van der Waals surface area contributed by atoms with Crippen LogP contribution in [0.15, 0.2) is 60.7 Å². The second-order valence-electron chi connectivity index (χ2n) is 5.21. The van der Waals surface area contributed by atoms with Crippen molar-refractivity contribution in [3.8, 4) is 0 Å². The van der Waals surface area contributed by atoms with Gasteiger partial charge < -0.3 is 5.11 Å². The molecule has 0 bridgehead atoms. The Bertz CT molecular complexity index is 476. The van der Waals surface area contributed by atoms with E-state index in [2.05, 4.69) is 36.1 Å². The highest BCUT2D eigenvalue weighted by molar-refractivity contribution is 5.24. The van der Waals surface area contributed by atoms with Crippen LogP contribution in [-0.4, -0.2) is 22.6 Å². The van der Waals surface area contributed by atoms with Crippen molar-refractivity contribution in [1.29, 1.82) is 0 Å². The molecule has 0 saturated carbocycles. The molecule has 1 aliphatic rings. The molecule has 1 unspecified atom stereocenters. The summed E-state index contributed by atoms with van der Waals surface area (Å²) in [5.41, 5.74) is 2.32. The van der Waals surface area contributed by atoms with E-state index in [1.54, 1.807) is 0 Å². The van der Waals surface area contributed by atoms with Crippen molar-refractivity contribution >= 4 is 0 Å². The normalized spacial score (nSPS) is 24.7. The molecule has 4 atom stereocenters. The molecule has 2 heteroatoms. The van der Waals surface area contributed by atoms with Crippen LogP contribution in [-0.2, 0) is 0 Å². The topological polar surface area (TPSA) is 23.2 Å². The monoisotopic (exact) mass is 253 g/mol. The molecule has 1 N–H and O–H groups in total. The van der Waals surface area contributed by atoms with Gasteiger partial charge in [-0.3, -0.25) is 4.90 Å². The largest absolute Gasteiger partial charge is 0.387 e. The first-order valence-electron chi connectivity index (χ1n) is 6.81. The number of rotatable bonds is 4. The van der Waals surface area contributed by atoms with Gasteiger partial charge in [-0.1, -0.05) is 60.7 Å². The van der Waals surface area contributed by atoms with Crippen molar-refractivity contribution in [1.82, 2.24) is 4.90 Å². The third kappa shape index (κ3) is 2.55. The highest BCUT2D eigenvalue weighted by atomic mass is 16.3. The third-order valence-electron chi connectivity index (χ3n) is 3.98. The van der Waals surface area contributed by atoms with E-state index < -0.39 is 0 Å². The van der Waals surface area contributed by atoms with Crippen LogP contribution in [0, 0.1) is 0 Å². The smallest absolute Gasteiger partial charge is 0.0957 e. The molecule has 1 heterocycles. The number of aliphatic hydroxyl groups excluding tert-OH is 1. The molecular formula is C17H19NO. The maximum absolute atomic E-state index is 10.4. The first-order chi connectivity index (χ1) is 9.27. The average molecular weight is 253 g/mol. The lowest BCUT2D eigenvalue weighted by atomic mass is 10.1.